The van der Waals surface area contributed by atoms with Crippen molar-refractivity contribution in [2.24, 2.45) is 0 Å². The number of nitrogens with zero attached hydrogens (tertiary/aromatic N) is 1. The fourth-order valence-electron chi connectivity index (χ4n) is 2.31. The molecule has 0 unspecified atom stereocenters. The van der Waals surface area contributed by atoms with E-state index in [1.54, 1.807) is 6.07 Å². The van der Waals surface area contributed by atoms with Crippen LogP contribution in [0.3, 0.4) is 0 Å². The van der Waals surface area contributed by atoms with Crippen molar-refractivity contribution in [2.75, 3.05) is 0 Å². The third kappa shape index (κ3) is 2.54. The molecule has 1 heterocycles. The molecule has 0 bridgehead atoms. The molecule has 0 radical (unpaired) electrons. The Balaban J connectivity index is 1.88. The van der Waals surface area contributed by atoms with Crippen molar-refractivity contribution in [3.63, 3.8) is 0 Å². The van der Waals surface area contributed by atoms with Gasteiger partial charge in [-0.15, -0.1) is 0 Å². The highest BCUT2D eigenvalue weighted by molar-refractivity contribution is 7.99. The number of benzene rings is 1. The zero-order valence-corrected chi connectivity index (χ0v) is 11.4. The predicted molar refractivity (Wildman–Crippen MR) is 73.7 cm³/mol. The summed E-state index contributed by atoms with van der Waals surface area (Å²) in [5, 5.41) is 9.73. The van der Waals surface area contributed by atoms with E-state index in [0.29, 0.717) is 4.90 Å². The maximum Gasteiger partial charge on any atom is 0.338 e. The number of pyridine rings is 1. The Morgan fingerprint density at radius 2 is 2.10 bits per heavy atom. The molecule has 0 atom stereocenters. The number of fused-ring (bicyclic) bond motifs is 1. The number of halogens is 1. The quantitative estimate of drug-likeness (QED) is 0.938. The molecule has 1 aliphatic rings. The number of hydrogen-bond acceptors (Lipinski definition) is 3. The SMILES string of the molecule is O=C(O)c1cc(Sc2ccc3c(n2)CCC3)ccc1F. The monoisotopic (exact) mass is 289 g/mol. The minimum atomic E-state index is -1.26. The summed E-state index contributed by atoms with van der Waals surface area (Å²) in [7, 11) is 0. The van der Waals surface area contributed by atoms with Crippen molar-refractivity contribution in [3.05, 3.63) is 53.0 Å². The minimum absolute atomic E-state index is 0.309. The van der Waals surface area contributed by atoms with E-state index in [2.05, 4.69) is 11.1 Å². The van der Waals surface area contributed by atoms with E-state index in [1.807, 2.05) is 6.07 Å². The van der Waals surface area contributed by atoms with Crippen LogP contribution in [-0.2, 0) is 12.8 Å². The van der Waals surface area contributed by atoms with Gasteiger partial charge in [0.15, 0.2) is 0 Å². The van der Waals surface area contributed by atoms with E-state index in [9.17, 15) is 9.18 Å². The van der Waals surface area contributed by atoms with Crippen molar-refractivity contribution in [1.82, 2.24) is 4.98 Å². The molecule has 1 aliphatic carbocycles. The lowest BCUT2D eigenvalue weighted by Gasteiger charge is -2.05. The van der Waals surface area contributed by atoms with E-state index in [4.69, 9.17) is 5.11 Å². The standard InChI is InChI=1S/C15H12FNO2S/c16-12-6-5-10(8-11(12)15(18)19)20-14-7-4-9-2-1-3-13(9)17-14/h4-8H,1-3H2,(H,18,19). The molecule has 0 saturated heterocycles. The summed E-state index contributed by atoms with van der Waals surface area (Å²) in [6, 6.07) is 8.09. The van der Waals surface area contributed by atoms with Crippen LogP contribution in [0.5, 0.6) is 0 Å². The van der Waals surface area contributed by atoms with Crippen molar-refractivity contribution in [1.29, 1.82) is 0 Å². The van der Waals surface area contributed by atoms with Crippen molar-refractivity contribution >= 4 is 17.7 Å². The third-order valence-electron chi connectivity index (χ3n) is 3.29. The summed E-state index contributed by atoms with van der Waals surface area (Å²) in [6.45, 7) is 0. The molecule has 0 aliphatic heterocycles. The summed E-state index contributed by atoms with van der Waals surface area (Å²) >= 11 is 1.35. The van der Waals surface area contributed by atoms with E-state index < -0.39 is 11.8 Å². The Bertz CT molecular complexity index is 688. The highest BCUT2D eigenvalue weighted by Crippen LogP contribution is 2.30. The van der Waals surface area contributed by atoms with Crippen LogP contribution in [-0.4, -0.2) is 16.1 Å². The van der Waals surface area contributed by atoms with Gasteiger partial charge in [-0.3, -0.25) is 0 Å². The van der Waals surface area contributed by atoms with Crippen molar-refractivity contribution < 1.29 is 14.3 Å². The average Bonchev–Trinajstić information content (AvgIpc) is 2.88. The molecule has 2 aromatic rings. The largest absolute Gasteiger partial charge is 0.478 e. The Hall–Kier alpha value is -1.88. The van der Waals surface area contributed by atoms with Gasteiger partial charge < -0.3 is 5.11 Å². The first-order valence-electron chi connectivity index (χ1n) is 6.33. The molecular weight excluding hydrogens is 277 g/mol. The molecular formula is C15H12FNO2S. The molecule has 20 heavy (non-hydrogen) atoms. The zero-order valence-electron chi connectivity index (χ0n) is 10.6. The van der Waals surface area contributed by atoms with E-state index in [0.717, 1.165) is 30.0 Å². The number of aromatic nitrogens is 1. The number of carboxylic acid groups (broad SMARTS) is 1. The Labute approximate surface area is 119 Å². The van der Waals surface area contributed by atoms with Gasteiger partial charge in [0.2, 0.25) is 0 Å². The lowest BCUT2D eigenvalue weighted by Crippen LogP contribution is -2.00. The van der Waals surface area contributed by atoms with Crippen LogP contribution in [0.4, 0.5) is 4.39 Å². The van der Waals surface area contributed by atoms with Crippen LogP contribution in [0.25, 0.3) is 0 Å². The summed E-state index contributed by atoms with van der Waals surface area (Å²) in [5.41, 5.74) is 2.10. The molecule has 5 heteroatoms. The maximum absolute atomic E-state index is 13.3. The van der Waals surface area contributed by atoms with Gasteiger partial charge in [-0.05, 0) is 49.1 Å². The highest BCUT2D eigenvalue weighted by Gasteiger charge is 2.14. The first-order chi connectivity index (χ1) is 9.63. The smallest absolute Gasteiger partial charge is 0.338 e. The van der Waals surface area contributed by atoms with Gasteiger partial charge >= 0.3 is 5.97 Å². The normalized spacial score (nSPS) is 13.2. The zero-order chi connectivity index (χ0) is 14.1. The minimum Gasteiger partial charge on any atom is -0.478 e. The molecule has 0 saturated carbocycles. The summed E-state index contributed by atoms with van der Waals surface area (Å²) in [5.74, 6) is -1.98. The average molecular weight is 289 g/mol. The third-order valence-corrected chi connectivity index (χ3v) is 4.22. The number of rotatable bonds is 3. The number of hydrogen-bond donors (Lipinski definition) is 1. The van der Waals surface area contributed by atoms with Crippen LogP contribution in [0.2, 0.25) is 0 Å². The fourth-order valence-corrected chi connectivity index (χ4v) is 3.16. The van der Waals surface area contributed by atoms with E-state index >= 15 is 0 Å². The van der Waals surface area contributed by atoms with Gasteiger partial charge in [0, 0.05) is 10.6 Å². The summed E-state index contributed by atoms with van der Waals surface area (Å²) in [4.78, 5) is 16.2. The molecule has 0 fully saturated rings. The summed E-state index contributed by atoms with van der Waals surface area (Å²) in [6.07, 6.45) is 3.21. The first kappa shape index (κ1) is 13.1. The van der Waals surface area contributed by atoms with Gasteiger partial charge in [0.05, 0.1) is 5.56 Å². The molecule has 0 spiro atoms. The van der Waals surface area contributed by atoms with Crippen molar-refractivity contribution in [3.8, 4) is 0 Å². The van der Waals surface area contributed by atoms with Gasteiger partial charge in [0.1, 0.15) is 10.8 Å². The van der Waals surface area contributed by atoms with Gasteiger partial charge in [-0.25, -0.2) is 14.2 Å². The molecule has 1 aromatic heterocycles. The van der Waals surface area contributed by atoms with Gasteiger partial charge in [-0.2, -0.15) is 0 Å². The lowest BCUT2D eigenvalue weighted by atomic mass is 10.2. The number of aryl methyl sites for hydroxylation is 2. The number of aromatic carboxylic acids is 1. The second-order valence-corrected chi connectivity index (χ2v) is 5.75. The Morgan fingerprint density at radius 1 is 1.25 bits per heavy atom. The van der Waals surface area contributed by atoms with Crippen LogP contribution >= 0.6 is 11.8 Å². The molecule has 3 rings (SSSR count). The highest BCUT2D eigenvalue weighted by atomic mass is 32.2. The first-order valence-corrected chi connectivity index (χ1v) is 7.14. The molecule has 0 amide bonds. The van der Waals surface area contributed by atoms with Gasteiger partial charge in [0.25, 0.3) is 0 Å². The topological polar surface area (TPSA) is 50.2 Å². The molecule has 1 N–H and O–H groups in total. The summed E-state index contributed by atoms with van der Waals surface area (Å²) < 4.78 is 13.3. The lowest BCUT2D eigenvalue weighted by molar-refractivity contribution is 0.0691. The van der Waals surface area contributed by atoms with Crippen LogP contribution in [0.1, 0.15) is 28.0 Å². The van der Waals surface area contributed by atoms with Crippen LogP contribution < -0.4 is 0 Å². The Kier molecular flexibility index (Phi) is 3.44. The van der Waals surface area contributed by atoms with Gasteiger partial charge in [-0.1, -0.05) is 17.8 Å². The van der Waals surface area contributed by atoms with Crippen LogP contribution in [0, 0.1) is 5.82 Å². The number of carboxylic acids is 1. The second kappa shape index (κ2) is 5.25. The molecule has 102 valence electrons. The fraction of sp³-hybridized carbons (Fsp3) is 0.200. The van der Waals surface area contributed by atoms with Crippen molar-refractivity contribution in [2.45, 2.75) is 29.2 Å². The maximum atomic E-state index is 13.3. The predicted octanol–water partition coefficient (Wildman–Crippen LogP) is 3.56. The number of carbonyl (C=O) groups is 1. The van der Waals surface area contributed by atoms with E-state index in [-0.39, 0.29) is 5.56 Å². The van der Waals surface area contributed by atoms with Crippen LogP contribution in [0.15, 0.2) is 40.3 Å². The molecule has 3 nitrogen and oxygen atoms in total. The Morgan fingerprint density at radius 3 is 2.90 bits per heavy atom. The second-order valence-electron chi connectivity index (χ2n) is 4.66. The molecule has 1 aromatic carbocycles. The van der Waals surface area contributed by atoms with E-state index in [1.165, 1.54) is 29.5 Å².